The number of para-hydroxylation sites is 1. The Morgan fingerprint density at radius 1 is 0.944 bits per heavy atom. The van der Waals surface area contributed by atoms with Crippen LogP contribution >= 0.6 is 0 Å². The minimum atomic E-state index is -3.60. The normalized spacial score (nSPS) is 14.5. The minimum Gasteiger partial charge on any atom is -0.369 e. The van der Waals surface area contributed by atoms with Crippen LogP contribution in [-0.4, -0.2) is 56.5 Å². The highest BCUT2D eigenvalue weighted by Gasteiger charge is 2.14. The SMILES string of the molecule is C=CS(=O)(=O)Nc1cccc(-c2cccc3cnc(Nc4ccc(N5CCN(C)CC5)cc4)nc23)c1. The third-order valence-electron chi connectivity index (χ3n) is 6.26. The van der Waals surface area contributed by atoms with E-state index in [9.17, 15) is 8.42 Å². The van der Waals surface area contributed by atoms with Crippen LogP contribution in [0.4, 0.5) is 23.0 Å². The van der Waals surface area contributed by atoms with Gasteiger partial charge in [-0.25, -0.2) is 18.4 Å². The van der Waals surface area contributed by atoms with Crippen molar-refractivity contribution >= 4 is 43.9 Å². The quantitative estimate of drug-likeness (QED) is 0.381. The van der Waals surface area contributed by atoms with Gasteiger partial charge in [0.1, 0.15) is 0 Å². The van der Waals surface area contributed by atoms with Crippen LogP contribution in [0.2, 0.25) is 0 Å². The summed E-state index contributed by atoms with van der Waals surface area (Å²) in [6.45, 7) is 7.53. The van der Waals surface area contributed by atoms with Crippen molar-refractivity contribution in [2.45, 2.75) is 0 Å². The number of sulfonamides is 1. The molecule has 1 aromatic heterocycles. The Bertz CT molecular complexity index is 1500. The summed E-state index contributed by atoms with van der Waals surface area (Å²) in [5, 5.41) is 5.09. The molecule has 5 rings (SSSR count). The molecule has 1 aliphatic rings. The molecule has 2 N–H and O–H groups in total. The predicted molar refractivity (Wildman–Crippen MR) is 147 cm³/mol. The van der Waals surface area contributed by atoms with E-state index in [1.807, 2.05) is 36.4 Å². The fourth-order valence-electron chi connectivity index (χ4n) is 4.25. The van der Waals surface area contributed by atoms with E-state index in [1.54, 1.807) is 24.4 Å². The lowest BCUT2D eigenvalue weighted by molar-refractivity contribution is 0.313. The highest BCUT2D eigenvalue weighted by Crippen LogP contribution is 2.30. The number of piperazine rings is 1. The van der Waals surface area contributed by atoms with Crippen LogP contribution in [0.5, 0.6) is 0 Å². The van der Waals surface area contributed by atoms with E-state index in [-0.39, 0.29) is 0 Å². The molecule has 0 radical (unpaired) electrons. The number of hydrogen-bond donors (Lipinski definition) is 2. The maximum Gasteiger partial charge on any atom is 0.254 e. The Labute approximate surface area is 211 Å². The fourth-order valence-corrected chi connectivity index (χ4v) is 4.79. The summed E-state index contributed by atoms with van der Waals surface area (Å²) in [6.07, 6.45) is 1.79. The van der Waals surface area contributed by atoms with E-state index in [1.165, 1.54) is 5.69 Å². The van der Waals surface area contributed by atoms with Crippen molar-refractivity contribution < 1.29 is 8.42 Å². The van der Waals surface area contributed by atoms with Crippen molar-refractivity contribution in [1.29, 1.82) is 0 Å². The van der Waals surface area contributed by atoms with Gasteiger partial charge in [-0.1, -0.05) is 36.9 Å². The van der Waals surface area contributed by atoms with Crippen LogP contribution < -0.4 is 14.9 Å². The van der Waals surface area contributed by atoms with Crippen LogP contribution in [0.15, 0.2) is 84.9 Å². The Balaban J connectivity index is 1.40. The summed E-state index contributed by atoms with van der Waals surface area (Å²) in [6, 6.07) is 21.4. The van der Waals surface area contributed by atoms with E-state index in [4.69, 9.17) is 4.98 Å². The zero-order valence-electron chi connectivity index (χ0n) is 20.1. The number of benzene rings is 3. The first kappa shape index (κ1) is 23.8. The second-order valence-electron chi connectivity index (χ2n) is 8.79. The van der Waals surface area contributed by atoms with Crippen molar-refractivity contribution in [1.82, 2.24) is 14.9 Å². The molecule has 0 amide bonds. The van der Waals surface area contributed by atoms with Crippen molar-refractivity contribution in [3.8, 4) is 11.1 Å². The average Bonchev–Trinajstić information content (AvgIpc) is 2.89. The van der Waals surface area contributed by atoms with E-state index >= 15 is 0 Å². The smallest absolute Gasteiger partial charge is 0.254 e. The molecule has 0 atom stereocenters. The van der Waals surface area contributed by atoms with Crippen LogP contribution in [-0.2, 0) is 10.0 Å². The molecule has 1 fully saturated rings. The molecular formula is C27H28N6O2S. The van der Waals surface area contributed by atoms with E-state index < -0.39 is 10.0 Å². The number of nitrogens with zero attached hydrogens (tertiary/aromatic N) is 4. The van der Waals surface area contributed by atoms with Gasteiger partial charge >= 0.3 is 0 Å². The standard InChI is InChI=1S/C27H28N6O2S/c1-3-36(34,35)31-23-8-4-6-20(18-23)25-9-5-7-21-19-28-27(30-26(21)25)29-22-10-12-24(13-11-22)33-16-14-32(2)15-17-33/h3-13,18-19,31H,1,14-17H2,2H3,(H,28,29,30). The Morgan fingerprint density at radius 2 is 1.69 bits per heavy atom. The monoisotopic (exact) mass is 500 g/mol. The lowest BCUT2D eigenvalue weighted by atomic mass is 10.0. The zero-order valence-corrected chi connectivity index (χ0v) is 20.9. The summed E-state index contributed by atoms with van der Waals surface area (Å²) < 4.78 is 26.3. The molecule has 0 unspecified atom stereocenters. The average molecular weight is 501 g/mol. The summed E-state index contributed by atoms with van der Waals surface area (Å²) in [4.78, 5) is 14.0. The maximum absolute atomic E-state index is 11.9. The third kappa shape index (κ3) is 5.32. The first-order valence-electron chi connectivity index (χ1n) is 11.7. The van der Waals surface area contributed by atoms with Gasteiger partial charge in [0.05, 0.1) is 5.52 Å². The number of hydrogen-bond acceptors (Lipinski definition) is 7. The van der Waals surface area contributed by atoms with E-state index in [0.29, 0.717) is 11.6 Å². The summed E-state index contributed by atoms with van der Waals surface area (Å²) in [5.74, 6) is 0.491. The van der Waals surface area contributed by atoms with Gasteiger partial charge in [0, 0.05) is 65.8 Å². The predicted octanol–water partition coefficient (Wildman–Crippen LogP) is 4.68. The largest absolute Gasteiger partial charge is 0.369 e. The third-order valence-corrected chi connectivity index (χ3v) is 7.21. The number of rotatable bonds is 7. The summed E-state index contributed by atoms with van der Waals surface area (Å²) in [7, 11) is -1.44. The molecule has 0 bridgehead atoms. The van der Waals surface area contributed by atoms with Crippen LogP contribution in [0.25, 0.3) is 22.0 Å². The first-order chi connectivity index (χ1) is 17.4. The topological polar surface area (TPSA) is 90.5 Å². The maximum atomic E-state index is 11.9. The molecule has 0 spiro atoms. The minimum absolute atomic E-state index is 0.456. The molecule has 4 aromatic rings. The van der Waals surface area contributed by atoms with E-state index in [0.717, 1.165) is 59.3 Å². The Kier molecular flexibility index (Phi) is 6.58. The second-order valence-corrected chi connectivity index (χ2v) is 10.4. The van der Waals surface area contributed by atoms with Crippen molar-refractivity contribution in [2.75, 3.05) is 48.2 Å². The summed E-state index contributed by atoms with van der Waals surface area (Å²) in [5.41, 5.74) is 5.06. The van der Waals surface area contributed by atoms with Gasteiger partial charge < -0.3 is 15.1 Å². The lowest BCUT2D eigenvalue weighted by Gasteiger charge is -2.34. The van der Waals surface area contributed by atoms with Gasteiger partial charge in [0.15, 0.2) is 0 Å². The van der Waals surface area contributed by atoms with Crippen molar-refractivity contribution in [3.63, 3.8) is 0 Å². The number of anilines is 4. The number of likely N-dealkylation sites (N-methyl/N-ethyl adjacent to an activating group) is 1. The van der Waals surface area contributed by atoms with Crippen LogP contribution in [0.3, 0.4) is 0 Å². The molecule has 1 aliphatic heterocycles. The molecule has 3 aromatic carbocycles. The molecule has 2 heterocycles. The van der Waals surface area contributed by atoms with E-state index in [2.05, 4.69) is 50.6 Å². The van der Waals surface area contributed by atoms with Crippen molar-refractivity contribution in [3.05, 3.63) is 84.9 Å². The highest BCUT2D eigenvalue weighted by atomic mass is 32.2. The van der Waals surface area contributed by atoms with Gasteiger partial charge in [-0.2, -0.15) is 0 Å². The fraction of sp³-hybridized carbons (Fsp3) is 0.185. The van der Waals surface area contributed by atoms with Crippen LogP contribution in [0.1, 0.15) is 0 Å². The molecule has 1 saturated heterocycles. The van der Waals surface area contributed by atoms with Crippen LogP contribution in [0, 0.1) is 0 Å². The zero-order chi connectivity index (χ0) is 25.1. The molecule has 9 heteroatoms. The molecule has 184 valence electrons. The molecule has 36 heavy (non-hydrogen) atoms. The highest BCUT2D eigenvalue weighted by molar-refractivity contribution is 7.95. The van der Waals surface area contributed by atoms with Gasteiger partial charge in [-0.15, -0.1) is 0 Å². The Morgan fingerprint density at radius 3 is 2.44 bits per heavy atom. The molecular weight excluding hydrogens is 472 g/mol. The summed E-state index contributed by atoms with van der Waals surface area (Å²) >= 11 is 0. The van der Waals surface area contributed by atoms with Crippen molar-refractivity contribution in [2.24, 2.45) is 0 Å². The number of aromatic nitrogens is 2. The van der Waals surface area contributed by atoms with Gasteiger partial charge in [-0.3, -0.25) is 4.72 Å². The van der Waals surface area contributed by atoms with Gasteiger partial charge in [-0.05, 0) is 49.0 Å². The second kappa shape index (κ2) is 9.96. The molecule has 0 saturated carbocycles. The Hall–Kier alpha value is -3.95. The first-order valence-corrected chi connectivity index (χ1v) is 13.3. The number of nitrogens with one attached hydrogen (secondary N) is 2. The molecule has 0 aliphatic carbocycles. The molecule has 8 nitrogen and oxygen atoms in total. The lowest BCUT2D eigenvalue weighted by Crippen LogP contribution is -2.44. The number of fused-ring (bicyclic) bond motifs is 1. The van der Waals surface area contributed by atoms with Gasteiger partial charge in [0.25, 0.3) is 10.0 Å². The van der Waals surface area contributed by atoms with Gasteiger partial charge in [0.2, 0.25) is 5.95 Å².